The minimum atomic E-state index is -0.0504. The largest absolute Gasteiger partial charge is 0.338 e. The number of amides is 3. The van der Waals surface area contributed by atoms with Crippen LogP contribution in [-0.4, -0.2) is 42.0 Å². The summed E-state index contributed by atoms with van der Waals surface area (Å²) in [6, 6.07) is 8.16. The molecule has 1 aromatic rings. The summed E-state index contributed by atoms with van der Waals surface area (Å²) in [5.74, 6) is 0.0990. The molecule has 3 amide bonds. The summed E-state index contributed by atoms with van der Waals surface area (Å²) in [5, 5.41) is 6.13. The molecule has 0 unspecified atom stereocenters. The van der Waals surface area contributed by atoms with Crippen molar-refractivity contribution in [2.45, 2.75) is 57.5 Å². The Kier molecular flexibility index (Phi) is 5.38. The molecule has 0 radical (unpaired) electrons. The van der Waals surface area contributed by atoms with E-state index >= 15 is 0 Å². The molecule has 2 N–H and O–H groups in total. The van der Waals surface area contributed by atoms with Gasteiger partial charge in [0.15, 0.2) is 0 Å². The molecule has 2 fully saturated rings. The highest BCUT2D eigenvalue weighted by Crippen LogP contribution is 2.18. The first kappa shape index (κ1) is 16.8. The second-order valence-corrected chi connectivity index (χ2v) is 6.98. The molecule has 130 valence electrons. The van der Waals surface area contributed by atoms with E-state index < -0.39 is 0 Å². The second kappa shape index (κ2) is 7.69. The van der Waals surface area contributed by atoms with Gasteiger partial charge < -0.3 is 15.5 Å². The summed E-state index contributed by atoms with van der Waals surface area (Å²) in [6.07, 6.45) is 6.24. The lowest BCUT2D eigenvalue weighted by Gasteiger charge is -2.33. The predicted octanol–water partition coefficient (Wildman–Crippen LogP) is 2.84. The highest BCUT2D eigenvalue weighted by molar-refractivity contribution is 5.95. The van der Waals surface area contributed by atoms with Crippen LogP contribution in [0.5, 0.6) is 0 Å². The van der Waals surface area contributed by atoms with Crippen LogP contribution in [0.1, 0.15) is 54.4 Å². The van der Waals surface area contributed by atoms with Crippen LogP contribution < -0.4 is 10.6 Å². The number of piperidine rings is 1. The number of benzene rings is 1. The fourth-order valence-electron chi connectivity index (χ4n) is 3.69. The molecule has 3 rings (SSSR count). The van der Waals surface area contributed by atoms with Crippen molar-refractivity contribution in [3.05, 3.63) is 35.4 Å². The summed E-state index contributed by atoms with van der Waals surface area (Å²) < 4.78 is 0. The van der Waals surface area contributed by atoms with Crippen LogP contribution >= 0.6 is 0 Å². The van der Waals surface area contributed by atoms with Crippen LogP contribution in [-0.2, 0) is 0 Å². The van der Waals surface area contributed by atoms with E-state index in [1.54, 1.807) is 0 Å². The summed E-state index contributed by atoms with van der Waals surface area (Å²) in [7, 11) is 0. The van der Waals surface area contributed by atoms with Crippen molar-refractivity contribution in [2.75, 3.05) is 13.1 Å². The van der Waals surface area contributed by atoms with Gasteiger partial charge in [0, 0.05) is 30.7 Å². The van der Waals surface area contributed by atoms with Gasteiger partial charge in [0.25, 0.3) is 5.91 Å². The van der Waals surface area contributed by atoms with E-state index in [-0.39, 0.29) is 18.0 Å². The van der Waals surface area contributed by atoms with E-state index in [2.05, 4.69) is 10.6 Å². The topological polar surface area (TPSA) is 61.4 Å². The third-order valence-corrected chi connectivity index (χ3v) is 5.18. The molecule has 5 nitrogen and oxygen atoms in total. The molecule has 0 aromatic heterocycles. The van der Waals surface area contributed by atoms with Crippen molar-refractivity contribution < 1.29 is 9.59 Å². The molecular weight excluding hydrogens is 302 g/mol. The summed E-state index contributed by atoms with van der Waals surface area (Å²) in [4.78, 5) is 26.6. The second-order valence-electron chi connectivity index (χ2n) is 6.98. The highest BCUT2D eigenvalue weighted by Gasteiger charge is 2.26. The zero-order valence-corrected chi connectivity index (χ0v) is 14.4. The van der Waals surface area contributed by atoms with Crippen molar-refractivity contribution in [1.29, 1.82) is 0 Å². The Morgan fingerprint density at radius 3 is 2.17 bits per heavy atom. The lowest BCUT2D eigenvalue weighted by Crippen LogP contribution is -2.50. The number of aryl methyl sites for hydroxylation is 1. The number of urea groups is 1. The van der Waals surface area contributed by atoms with Gasteiger partial charge in [0.1, 0.15) is 0 Å². The average Bonchev–Trinajstić information content (AvgIpc) is 3.08. The Hall–Kier alpha value is -2.04. The zero-order chi connectivity index (χ0) is 16.9. The van der Waals surface area contributed by atoms with E-state index in [1.807, 2.05) is 36.1 Å². The number of carbonyl (C=O) groups excluding carboxylic acids is 2. The minimum absolute atomic E-state index is 0.0504. The Labute approximate surface area is 143 Å². The van der Waals surface area contributed by atoms with Crippen LogP contribution in [0, 0.1) is 6.92 Å². The Morgan fingerprint density at radius 2 is 1.54 bits per heavy atom. The third-order valence-electron chi connectivity index (χ3n) is 5.18. The van der Waals surface area contributed by atoms with Gasteiger partial charge in [-0.05, 0) is 44.2 Å². The molecule has 1 aromatic carbocycles. The molecule has 1 saturated heterocycles. The SMILES string of the molecule is Cc1ccccc1C(=O)N1CCC(NC(=O)NC2CCCC2)CC1. The lowest BCUT2D eigenvalue weighted by molar-refractivity contribution is 0.0707. The molecule has 1 aliphatic heterocycles. The van der Waals surface area contributed by atoms with E-state index in [9.17, 15) is 9.59 Å². The highest BCUT2D eigenvalue weighted by atomic mass is 16.2. The van der Waals surface area contributed by atoms with Crippen molar-refractivity contribution >= 4 is 11.9 Å². The van der Waals surface area contributed by atoms with Gasteiger partial charge in [-0.25, -0.2) is 4.79 Å². The number of hydrogen-bond acceptors (Lipinski definition) is 2. The lowest BCUT2D eigenvalue weighted by atomic mass is 10.0. The summed E-state index contributed by atoms with van der Waals surface area (Å²) in [6.45, 7) is 3.36. The fraction of sp³-hybridized carbons (Fsp3) is 0.579. The number of likely N-dealkylation sites (tertiary alicyclic amines) is 1. The first-order valence-corrected chi connectivity index (χ1v) is 9.05. The molecule has 2 aliphatic rings. The van der Waals surface area contributed by atoms with Gasteiger partial charge >= 0.3 is 6.03 Å². The van der Waals surface area contributed by atoms with Gasteiger partial charge in [-0.1, -0.05) is 31.0 Å². The van der Waals surface area contributed by atoms with Crippen molar-refractivity contribution in [2.24, 2.45) is 0 Å². The maximum atomic E-state index is 12.6. The molecule has 1 heterocycles. The number of nitrogens with one attached hydrogen (secondary N) is 2. The maximum Gasteiger partial charge on any atom is 0.315 e. The predicted molar refractivity (Wildman–Crippen MR) is 94.0 cm³/mol. The molecule has 1 aliphatic carbocycles. The number of carbonyl (C=O) groups is 2. The third kappa shape index (κ3) is 4.08. The molecule has 0 bridgehead atoms. The zero-order valence-electron chi connectivity index (χ0n) is 14.4. The Balaban J connectivity index is 1.46. The number of hydrogen-bond donors (Lipinski definition) is 2. The molecule has 0 atom stereocenters. The maximum absolute atomic E-state index is 12.6. The minimum Gasteiger partial charge on any atom is -0.338 e. The normalized spacial score (nSPS) is 19.3. The summed E-state index contributed by atoms with van der Waals surface area (Å²) >= 11 is 0. The average molecular weight is 329 g/mol. The molecule has 0 spiro atoms. The van der Waals surface area contributed by atoms with E-state index in [1.165, 1.54) is 12.8 Å². The first-order chi connectivity index (χ1) is 11.6. The monoisotopic (exact) mass is 329 g/mol. The van der Waals surface area contributed by atoms with Crippen LogP contribution in [0.2, 0.25) is 0 Å². The molecule has 1 saturated carbocycles. The number of nitrogens with zero attached hydrogens (tertiary/aromatic N) is 1. The Bertz CT molecular complexity index is 588. The smallest absolute Gasteiger partial charge is 0.315 e. The van der Waals surface area contributed by atoms with Gasteiger partial charge in [0.2, 0.25) is 0 Å². The van der Waals surface area contributed by atoms with E-state index in [0.29, 0.717) is 19.1 Å². The standard InChI is InChI=1S/C19H27N3O2/c1-14-6-2-5-9-17(14)18(23)22-12-10-16(11-13-22)21-19(24)20-15-7-3-4-8-15/h2,5-6,9,15-16H,3-4,7-8,10-13H2,1H3,(H2,20,21,24). The summed E-state index contributed by atoms with van der Waals surface area (Å²) in [5.41, 5.74) is 1.79. The molecule has 24 heavy (non-hydrogen) atoms. The van der Waals surface area contributed by atoms with Gasteiger partial charge in [0.05, 0.1) is 0 Å². The fourth-order valence-corrected chi connectivity index (χ4v) is 3.69. The van der Waals surface area contributed by atoms with Crippen LogP contribution in [0.25, 0.3) is 0 Å². The van der Waals surface area contributed by atoms with Crippen molar-refractivity contribution in [3.63, 3.8) is 0 Å². The quantitative estimate of drug-likeness (QED) is 0.896. The first-order valence-electron chi connectivity index (χ1n) is 9.05. The van der Waals surface area contributed by atoms with E-state index in [4.69, 9.17) is 0 Å². The van der Waals surface area contributed by atoms with E-state index in [0.717, 1.165) is 36.8 Å². The number of rotatable bonds is 3. The van der Waals surface area contributed by atoms with Crippen LogP contribution in [0.4, 0.5) is 4.79 Å². The Morgan fingerprint density at radius 1 is 0.958 bits per heavy atom. The van der Waals surface area contributed by atoms with Crippen molar-refractivity contribution in [1.82, 2.24) is 15.5 Å². The van der Waals surface area contributed by atoms with Crippen LogP contribution in [0.15, 0.2) is 24.3 Å². The van der Waals surface area contributed by atoms with Crippen LogP contribution in [0.3, 0.4) is 0 Å². The molecular formula is C19H27N3O2. The molecule has 5 heteroatoms. The van der Waals surface area contributed by atoms with Gasteiger partial charge in [-0.3, -0.25) is 4.79 Å². The van der Waals surface area contributed by atoms with Gasteiger partial charge in [-0.2, -0.15) is 0 Å². The van der Waals surface area contributed by atoms with Gasteiger partial charge in [-0.15, -0.1) is 0 Å². The van der Waals surface area contributed by atoms with Crippen molar-refractivity contribution in [3.8, 4) is 0 Å².